The third-order valence-corrected chi connectivity index (χ3v) is 2.93. The predicted molar refractivity (Wildman–Crippen MR) is 61.0 cm³/mol. The van der Waals surface area contributed by atoms with E-state index in [9.17, 15) is 0 Å². The minimum absolute atomic E-state index is 0. The Kier molecular flexibility index (Phi) is 3.44. The van der Waals surface area contributed by atoms with Crippen LogP contribution in [0.5, 0.6) is 0 Å². The van der Waals surface area contributed by atoms with Crippen molar-refractivity contribution < 1.29 is 16.8 Å². The molecule has 0 fully saturated rings. The van der Waals surface area contributed by atoms with Gasteiger partial charge in [0, 0.05) is 0 Å². The Bertz CT molecular complexity index is 587. The van der Waals surface area contributed by atoms with Crippen LogP contribution in [0.4, 0.5) is 5.13 Å². The van der Waals surface area contributed by atoms with Crippen molar-refractivity contribution in [3.63, 3.8) is 0 Å². The molecule has 0 amide bonds. The molecule has 0 spiro atoms. The molecule has 0 saturated heterocycles. The van der Waals surface area contributed by atoms with Gasteiger partial charge in [-0.05, 0) is 12.1 Å². The maximum absolute atomic E-state index is 5.85. The van der Waals surface area contributed by atoms with Gasteiger partial charge >= 0.3 is 0 Å². The molecule has 15 heavy (non-hydrogen) atoms. The average Bonchev–Trinajstić information content (AvgIpc) is 2.66. The van der Waals surface area contributed by atoms with Gasteiger partial charge in [-0.15, -0.1) is 12.4 Å². The minimum Gasteiger partial charge on any atom is -1.00 e. The number of aromatic nitrogens is 2. The highest BCUT2D eigenvalue weighted by Crippen LogP contribution is 2.16. The molecule has 0 aliphatic rings. The maximum Gasteiger partial charge on any atom is 0.283 e. The number of fused-ring (bicyclic) bond motifs is 3. The van der Waals surface area contributed by atoms with Gasteiger partial charge in [-0.1, -0.05) is 23.5 Å². The van der Waals surface area contributed by atoms with Crippen LogP contribution in [-0.2, 0) is 0 Å². The molecule has 0 unspecified atom stereocenters. The van der Waals surface area contributed by atoms with Crippen LogP contribution in [0.2, 0.25) is 0 Å². The monoisotopic (exact) mass is 261 g/mol. The number of aromatic amines is 1. The Morgan fingerprint density at radius 2 is 2.00 bits per heavy atom. The van der Waals surface area contributed by atoms with E-state index < -0.39 is 0 Å². The van der Waals surface area contributed by atoms with Gasteiger partial charge in [0.05, 0.1) is 5.38 Å². The number of para-hydroxylation sites is 2. The molecule has 0 aliphatic carbocycles. The van der Waals surface area contributed by atoms with Crippen LogP contribution < -0.4 is 22.5 Å². The van der Waals surface area contributed by atoms with E-state index in [1.165, 1.54) is 0 Å². The number of nitrogens with two attached hydrogens (primary N) is 1. The highest BCUT2D eigenvalue weighted by Gasteiger charge is 2.12. The third-order valence-electron chi connectivity index (χ3n) is 2.16. The molecular weight excluding hydrogens is 253 g/mol. The van der Waals surface area contributed by atoms with E-state index in [0.29, 0.717) is 0 Å². The van der Waals surface area contributed by atoms with Crippen molar-refractivity contribution in [1.29, 1.82) is 0 Å². The van der Waals surface area contributed by atoms with Crippen molar-refractivity contribution in [3.8, 4) is 0 Å². The second-order valence-corrected chi connectivity index (χ2v) is 3.83. The second-order valence-electron chi connectivity index (χ2n) is 2.94. The van der Waals surface area contributed by atoms with Gasteiger partial charge < -0.3 is 18.1 Å². The Hall–Kier alpha value is -0.970. The molecule has 1 aromatic carbocycles. The quantitative estimate of drug-likeness (QED) is 0.500. The largest absolute Gasteiger partial charge is 1.00 e. The van der Waals surface area contributed by atoms with Crippen molar-refractivity contribution >= 4 is 45.6 Å². The van der Waals surface area contributed by atoms with E-state index in [2.05, 4.69) is 11.1 Å². The summed E-state index contributed by atoms with van der Waals surface area (Å²) in [4.78, 5) is 3.29. The molecule has 0 aliphatic heterocycles. The molecule has 3 nitrogen and oxygen atoms in total. The molecule has 0 saturated carbocycles. The fraction of sp³-hybridized carbons (Fsp3) is 0. The molecule has 2 aromatic heterocycles. The first kappa shape index (κ1) is 12.1. The highest BCUT2D eigenvalue weighted by atomic mass is 35.5. The number of nitrogen functional groups attached to an aromatic ring is 1. The van der Waals surface area contributed by atoms with Gasteiger partial charge in [-0.2, -0.15) is 4.40 Å². The van der Waals surface area contributed by atoms with Gasteiger partial charge in [0.25, 0.3) is 5.13 Å². The summed E-state index contributed by atoms with van der Waals surface area (Å²) in [6, 6.07) is 8.13. The first-order chi connectivity index (χ1) is 6.36. The van der Waals surface area contributed by atoms with Crippen LogP contribution in [-0.4, -0.2) is 4.98 Å². The summed E-state index contributed by atoms with van der Waals surface area (Å²) in [7, 11) is 0. The Labute approximate surface area is 103 Å². The van der Waals surface area contributed by atoms with Crippen LogP contribution in [0.25, 0.3) is 16.7 Å². The second kappa shape index (κ2) is 4.26. The number of anilines is 1. The highest BCUT2D eigenvalue weighted by molar-refractivity contribution is 7.13. The van der Waals surface area contributed by atoms with Crippen LogP contribution in [0.15, 0.2) is 29.6 Å². The number of H-pyrrole nitrogens is 1. The summed E-state index contributed by atoms with van der Waals surface area (Å²) in [5, 5.41) is 2.84. The summed E-state index contributed by atoms with van der Waals surface area (Å²) in [5.41, 5.74) is 9.16. The van der Waals surface area contributed by atoms with Crippen molar-refractivity contribution in [2.75, 3.05) is 5.73 Å². The number of nitrogens with zero attached hydrogens (tertiary/aromatic N) is 1. The van der Waals surface area contributed by atoms with E-state index in [-0.39, 0.29) is 24.8 Å². The van der Waals surface area contributed by atoms with E-state index in [1.54, 1.807) is 11.3 Å². The summed E-state index contributed by atoms with van der Waals surface area (Å²) >= 11 is 1.55. The summed E-state index contributed by atoms with van der Waals surface area (Å²) in [5.74, 6) is 0. The number of rotatable bonds is 0. The van der Waals surface area contributed by atoms with E-state index >= 15 is 0 Å². The van der Waals surface area contributed by atoms with Gasteiger partial charge in [0.2, 0.25) is 5.65 Å². The van der Waals surface area contributed by atoms with Crippen molar-refractivity contribution in [3.05, 3.63) is 29.6 Å². The zero-order valence-electron chi connectivity index (χ0n) is 7.61. The fourth-order valence-electron chi connectivity index (χ4n) is 1.59. The first-order valence-corrected chi connectivity index (χ1v) is 4.90. The lowest BCUT2D eigenvalue weighted by Gasteiger charge is -1.84. The SMILES string of the molecule is Cl.Nc1scc2[nH]c3ccccc3[n+]12.[Cl-]. The van der Waals surface area contributed by atoms with Crippen LogP contribution >= 0.6 is 23.7 Å². The standard InChI is InChI=1S/C9H7N3S.2ClH/c10-9-12-7-4-2-1-3-6(7)11-8(12)5-13-9;;/h1-5,10-11H;2*1H. The summed E-state index contributed by atoms with van der Waals surface area (Å²) < 4.78 is 2.03. The Balaban J connectivity index is 0.000000562. The minimum atomic E-state index is 0. The Morgan fingerprint density at radius 1 is 1.27 bits per heavy atom. The number of hydrogen-bond donors (Lipinski definition) is 2. The lowest BCUT2D eigenvalue weighted by molar-refractivity contribution is -0.459. The first-order valence-electron chi connectivity index (χ1n) is 4.02. The molecule has 3 aromatic rings. The number of benzene rings is 1. The van der Waals surface area contributed by atoms with E-state index in [4.69, 9.17) is 5.73 Å². The number of nitrogens with one attached hydrogen (secondary N) is 1. The number of thiazole rings is 1. The number of imidazole rings is 1. The molecule has 0 atom stereocenters. The zero-order valence-corrected chi connectivity index (χ0v) is 9.99. The van der Waals surface area contributed by atoms with Crippen molar-refractivity contribution in [2.45, 2.75) is 0 Å². The predicted octanol–water partition coefficient (Wildman–Crippen LogP) is -1.02. The van der Waals surface area contributed by atoms with Crippen LogP contribution in [0.3, 0.4) is 0 Å². The maximum atomic E-state index is 5.85. The van der Waals surface area contributed by atoms with Crippen LogP contribution in [0.1, 0.15) is 0 Å². The van der Waals surface area contributed by atoms with Gasteiger partial charge in [0.1, 0.15) is 11.0 Å². The third kappa shape index (κ3) is 1.65. The van der Waals surface area contributed by atoms with Crippen LogP contribution in [0, 0.1) is 0 Å². The van der Waals surface area contributed by atoms with Crippen molar-refractivity contribution in [2.24, 2.45) is 0 Å². The molecule has 0 radical (unpaired) electrons. The normalized spacial score (nSPS) is 9.87. The topological polar surface area (TPSA) is 45.9 Å². The van der Waals surface area contributed by atoms with Gasteiger partial charge in [-0.3, -0.25) is 4.98 Å². The zero-order chi connectivity index (χ0) is 8.84. The lowest BCUT2D eigenvalue weighted by Crippen LogP contribution is -3.00. The number of hydrogen-bond acceptors (Lipinski definition) is 2. The van der Waals surface area contributed by atoms with Gasteiger partial charge in [-0.25, -0.2) is 0 Å². The summed E-state index contributed by atoms with van der Waals surface area (Å²) in [6.45, 7) is 0. The van der Waals surface area contributed by atoms with Crippen molar-refractivity contribution in [1.82, 2.24) is 4.98 Å². The fourth-order valence-corrected chi connectivity index (χ4v) is 2.29. The Morgan fingerprint density at radius 3 is 2.80 bits per heavy atom. The number of halogens is 2. The molecule has 2 heterocycles. The molecule has 6 heteroatoms. The smallest absolute Gasteiger partial charge is 0.283 e. The molecule has 0 bridgehead atoms. The molecule has 80 valence electrons. The average molecular weight is 262 g/mol. The van der Waals surface area contributed by atoms with E-state index in [0.717, 1.165) is 21.8 Å². The summed E-state index contributed by atoms with van der Waals surface area (Å²) in [6.07, 6.45) is 0. The van der Waals surface area contributed by atoms with E-state index in [1.807, 2.05) is 28.0 Å². The molecular formula is C9H9Cl2N3S. The molecule has 3 rings (SSSR count). The lowest BCUT2D eigenvalue weighted by atomic mass is 10.3. The molecule has 3 N–H and O–H groups in total. The van der Waals surface area contributed by atoms with Gasteiger partial charge in [0.15, 0.2) is 0 Å².